The largest absolute Gasteiger partial charge is 0.392 e. The van der Waals surface area contributed by atoms with Crippen LogP contribution in [0.2, 0.25) is 0 Å². The molecule has 1 saturated heterocycles. The molecule has 1 aliphatic rings. The van der Waals surface area contributed by atoms with Crippen molar-refractivity contribution in [2.24, 2.45) is 17.1 Å². The van der Waals surface area contributed by atoms with Gasteiger partial charge in [-0.05, 0) is 30.6 Å². The van der Waals surface area contributed by atoms with Gasteiger partial charge in [-0.2, -0.15) is 0 Å². The van der Waals surface area contributed by atoms with Gasteiger partial charge in [0.05, 0.1) is 4.99 Å². The molecule has 0 saturated carbocycles. The molecule has 1 aliphatic heterocycles. The van der Waals surface area contributed by atoms with E-state index in [1.807, 2.05) is 0 Å². The SMILES string of the molecule is CC(CC(=O)NC1CCN(CC(N)=S)CC1)CC(C)(C)C. The average Bonchev–Trinajstić information content (AvgIpc) is 2.28. The van der Waals surface area contributed by atoms with Crippen LogP contribution < -0.4 is 11.1 Å². The first kappa shape index (κ1) is 18.4. The summed E-state index contributed by atoms with van der Waals surface area (Å²) in [6.07, 6.45) is 3.68. The lowest BCUT2D eigenvalue weighted by Crippen LogP contribution is -2.46. The lowest BCUT2D eigenvalue weighted by molar-refractivity contribution is -0.123. The Kier molecular flexibility index (Phi) is 7.07. The summed E-state index contributed by atoms with van der Waals surface area (Å²) in [5, 5.41) is 3.18. The zero-order valence-corrected chi connectivity index (χ0v) is 14.8. The molecule has 0 radical (unpaired) electrons. The third kappa shape index (κ3) is 8.37. The fourth-order valence-corrected chi connectivity index (χ4v) is 3.36. The molecule has 0 aromatic heterocycles. The van der Waals surface area contributed by atoms with Gasteiger partial charge in [-0.1, -0.05) is 39.9 Å². The number of piperidine rings is 1. The first-order valence-electron chi connectivity index (χ1n) is 7.96. The summed E-state index contributed by atoms with van der Waals surface area (Å²) in [5.74, 6) is 0.624. The summed E-state index contributed by atoms with van der Waals surface area (Å²) in [7, 11) is 0. The van der Waals surface area contributed by atoms with Crippen molar-refractivity contribution in [3.63, 3.8) is 0 Å². The lowest BCUT2D eigenvalue weighted by Gasteiger charge is -2.32. The van der Waals surface area contributed by atoms with Gasteiger partial charge in [0.15, 0.2) is 0 Å². The Balaban J connectivity index is 2.26. The topological polar surface area (TPSA) is 58.4 Å². The first-order chi connectivity index (χ1) is 9.65. The smallest absolute Gasteiger partial charge is 0.220 e. The zero-order chi connectivity index (χ0) is 16.0. The number of carbonyl (C=O) groups excluding carboxylic acids is 1. The van der Waals surface area contributed by atoms with Crippen LogP contribution in [0.5, 0.6) is 0 Å². The maximum absolute atomic E-state index is 12.1. The van der Waals surface area contributed by atoms with Crippen molar-refractivity contribution < 1.29 is 4.79 Å². The van der Waals surface area contributed by atoms with Crippen LogP contribution in [0.15, 0.2) is 0 Å². The number of hydrogen-bond acceptors (Lipinski definition) is 3. The number of nitrogens with one attached hydrogen (secondary N) is 1. The van der Waals surface area contributed by atoms with Crippen molar-refractivity contribution in [2.75, 3.05) is 19.6 Å². The van der Waals surface area contributed by atoms with Crippen LogP contribution in [-0.2, 0) is 4.79 Å². The highest BCUT2D eigenvalue weighted by Crippen LogP contribution is 2.25. The predicted octanol–water partition coefficient (Wildman–Crippen LogP) is 2.32. The fourth-order valence-electron chi connectivity index (χ4n) is 3.18. The van der Waals surface area contributed by atoms with Crippen LogP contribution in [0, 0.1) is 11.3 Å². The Hall–Kier alpha value is -0.680. The van der Waals surface area contributed by atoms with E-state index >= 15 is 0 Å². The third-order valence-electron chi connectivity index (χ3n) is 3.83. The number of rotatable bonds is 6. The highest BCUT2D eigenvalue weighted by atomic mass is 32.1. The van der Waals surface area contributed by atoms with E-state index in [1.54, 1.807) is 0 Å². The van der Waals surface area contributed by atoms with E-state index in [0.717, 1.165) is 32.4 Å². The fraction of sp³-hybridized carbons (Fsp3) is 0.875. The number of likely N-dealkylation sites (tertiary alicyclic amines) is 1. The lowest BCUT2D eigenvalue weighted by atomic mass is 9.84. The van der Waals surface area contributed by atoms with Gasteiger partial charge >= 0.3 is 0 Å². The summed E-state index contributed by atoms with van der Waals surface area (Å²) < 4.78 is 0. The van der Waals surface area contributed by atoms with Crippen molar-refractivity contribution in [3.8, 4) is 0 Å². The second kappa shape index (κ2) is 8.08. The molecule has 21 heavy (non-hydrogen) atoms. The van der Waals surface area contributed by atoms with Gasteiger partial charge in [0, 0.05) is 32.1 Å². The molecule has 0 aromatic rings. The molecule has 1 rings (SSSR count). The zero-order valence-electron chi connectivity index (χ0n) is 13.9. The minimum Gasteiger partial charge on any atom is -0.392 e. The van der Waals surface area contributed by atoms with Crippen LogP contribution in [0.1, 0.15) is 53.4 Å². The Morgan fingerprint density at radius 2 is 1.95 bits per heavy atom. The number of thiocarbonyl (C=S) groups is 1. The molecule has 0 aliphatic carbocycles. The maximum atomic E-state index is 12.1. The van der Waals surface area contributed by atoms with E-state index in [-0.39, 0.29) is 11.3 Å². The van der Waals surface area contributed by atoms with Crippen molar-refractivity contribution in [1.29, 1.82) is 0 Å². The van der Waals surface area contributed by atoms with E-state index in [9.17, 15) is 4.79 Å². The van der Waals surface area contributed by atoms with Crippen LogP contribution >= 0.6 is 12.2 Å². The van der Waals surface area contributed by atoms with Gasteiger partial charge in [0.25, 0.3) is 0 Å². The Morgan fingerprint density at radius 3 is 2.43 bits per heavy atom. The molecule has 122 valence electrons. The van der Waals surface area contributed by atoms with E-state index in [0.29, 0.717) is 29.9 Å². The number of amides is 1. The summed E-state index contributed by atoms with van der Waals surface area (Å²) >= 11 is 4.93. The molecule has 1 heterocycles. The standard InChI is InChI=1S/C16H31N3OS/c1-12(10-16(2,3)4)9-15(20)18-13-5-7-19(8-6-13)11-14(17)21/h12-13H,5-11H2,1-4H3,(H2,17,21)(H,18,20). The second-order valence-corrected chi connectivity index (χ2v) is 8.18. The molecule has 4 nitrogen and oxygen atoms in total. The van der Waals surface area contributed by atoms with Gasteiger partial charge < -0.3 is 11.1 Å². The minimum absolute atomic E-state index is 0.194. The van der Waals surface area contributed by atoms with Crippen LogP contribution in [0.25, 0.3) is 0 Å². The van der Waals surface area contributed by atoms with E-state index in [4.69, 9.17) is 18.0 Å². The predicted molar refractivity (Wildman–Crippen MR) is 92.2 cm³/mol. The molecule has 0 aromatic carbocycles. The molecule has 1 amide bonds. The van der Waals surface area contributed by atoms with Crippen molar-refractivity contribution in [3.05, 3.63) is 0 Å². The van der Waals surface area contributed by atoms with Crippen LogP contribution in [0.3, 0.4) is 0 Å². The number of nitrogens with zero attached hydrogens (tertiary/aromatic N) is 1. The van der Waals surface area contributed by atoms with E-state index < -0.39 is 0 Å². The van der Waals surface area contributed by atoms with Gasteiger partial charge in [0.1, 0.15) is 0 Å². The summed E-state index contributed by atoms with van der Waals surface area (Å²) in [5.41, 5.74) is 5.85. The Labute approximate surface area is 134 Å². The Bertz CT molecular complexity index is 357. The van der Waals surface area contributed by atoms with Crippen molar-refractivity contribution in [1.82, 2.24) is 10.2 Å². The molecule has 1 atom stereocenters. The molecular formula is C16H31N3OS. The van der Waals surface area contributed by atoms with Gasteiger partial charge in [0.2, 0.25) is 5.91 Å². The van der Waals surface area contributed by atoms with Gasteiger partial charge in [-0.3, -0.25) is 9.69 Å². The van der Waals surface area contributed by atoms with Crippen molar-refractivity contribution >= 4 is 23.1 Å². The quantitative estimate of drug-likeness (QED) is 0.739. The molecule has 5 heteroatoms. The molecular weight excluding hydrogens is 282 g/mol. The average molecular weight is 314 g/mol. The molecule has 1 fully saturated rings. The van der Waals surface area contributed by atoms with Crippen LogP contribution in [0.4, 0.5) is 0 Å². The molecule has 3 N–H and O–H groups in total. The van der Waals surface area contributed by atoms with Gasteiger partial charge in [-0.25, -0.2) is 0 Å². The first-order valence-corrected chi connectivity index (χ1v) is 8.36. The molecule has 0 bridgehead atoms. The summed E-state index contributed by atoms with van der Waals surface area (Å²) in [6, 6.07) is 0.307. The van der Waals surface area contributed by atoms with Crippen LogP contribution in [-0.4, -0.2) is 41.5 Å². The summed E-state index contributed by atoms with van der Waals surface area (Å²) in [4.78, 5) is 14.9. The number of hydrogen-bond donors (Lipinski definition) is 2. The highest BCUT2D eigenvalue weighted by Gasteiger charge is 2.22. The maximum Gasteiger partial charge on any atom is 0.220 e. The normalized spacial score (nSPS) is 19.2. The molecule has 0 spiro atoms. The highest BCUT2D eigenvalue weighted by molar-refractivity contribution is 7.80. The van der Waals surface area contributed by atoms with Crippen molar-refractivity contribution in [2.45, 2.75) is 59.4 Å². The summed E-state index contributed by atoms with van der Waals surface area (Å²) in [6.45, 7) is 11.4. The number of carbonyl (C=O) groups is 1. The third-order valence-corrected chi connectivity index (χ3v) is 3.96. The monoisotopic (exact) mass is 313 g/mol. The minimum atomic E-state index is 0.194. The second-order valence-electron chi connectivity index (χ2n) is 7.66. The van der Waals surface area contributed by atoms with Gasteiger partial charge in [-0.15, -0.1) is 0 Å². The Morgan fingerprint density at radius 1 is 1.38 bits per heavy atom. The molecule has 1 unspecified atom stereocenters. The van der Waals surface area contributed by atoms with E-state index in [1.165, 1.54) is 0 Å². The number of nitrogens with two attached hydrogens (primary N) is 1. The van der Waals surface area contributed by atoms with E-state index in [2.05, 4.69) is 37.9 Å².